The van der Waals surface area contributed by atoms with Gasteiger partial charge in [0.25, 0.3) is 0 Å². The van der Waals surface area contributed by atoms with Gasteiger partial charge in [0.1, 0.15) is 12.7 Å². The highest BCUT2D eigenvalue weighted by molar-refractivity contribution is 5.32. The summed E-state index contributed by atoms with van der Waals surface area (Å²) in [5.74, 6) is 0.714. The Morgan fingerprint density at radius 3 is 3.08 bits per heavy atom. The molecule has 0 radical (unpaired) electrons. The van der Waals surface area contributed by atoms with E-state index in [0.717, 1.165) is 31.7 Å². The predicted octanol–water partition coefficient (Wildman–Crippen LogP) is 1.74. The Labute approximate surface area is 148 Å². The number of hydrogen-bond acceptors (Lipinski definition) is 5. The minimum absolute atomic E-state index is 0.540. The van der Waals surface area contributed by atoms with Gasteiger partial charge in [-0.15, -0.1) is 0 Å². The van der Waals surface area contributed by atoms with Crippen LogP contribution in [-0.4, -0.2) is 56.8 Å². The first kappa shape index (κ1) is 16.2. The molecule has 6 nitrogen and oxygen atoms in total. The second-order valence-corrected chi connectivity index (χ2v) is 7.34. The zero-order chi connectivity index (χ0) is 17.2. The summed E-state index contributed by atoms with van der Waals surface area (Å²) in [7, 11) is 2.26. The van der Waals surface area contributed by atoms with Gasteiger partial charge in [-0.2, -0.15) is 10.4 Å². The van der Waals surface area contributed by atoms with E-state index in [4.69, 9.17) is 5.26 Å². The molecule has 4 rings (SSSR count). The molecule has 2 aliphatic rings. The molecule has 2 aliphatic heterocycles. The number of likely N-dealkylation sites (N-methyl/N-ethyl adjacent to an activating group) is 1. The van der Waals surface area contributed by atoms with E-state index >= 15 is 0 Å². The van der Waals surface area contributed by atoms with Gasteiger partial charge in [-0.3, -0.25) is 14.5 Å². The molecule has 130 valence electrons. The molecular weight excluding hydrogens is 312 g/mol. The highest BCUT2D eigenvalue weighted by atomic mass is 15.3. The lowest BCUT2D eigenvalue weighted by molar-refractivity contribution is 0.109. The summed E-state index contributed by atoms with van der Waals surface area (Å²) in [5.41, 5.74) is 1.99. The quantitative estimate of drug-likeness (QED) is 0.851. The molecule has 3 atom stereocenters. The second kappa shape index (κ2) is 6.95. The molecule has 3 heterocycles. The smallest absolute Gasteiger partial charge is 0.137 e. The van der Waals surface area contributed by atoms with Gasteiger partial charge < -0.3 is 0 Å². The van der Waals surface area contributed by atoms with Crippen molar-refractivity contribution in [2.45, 2.75) is 38.0 Å². The fourth-order valence-electron chi connectivity index (χ4n) is 4.54. The zero-order valence-corrected chi connectivity index (χ0v) is 14.6. The Hall–Kier alpha value is -2.23. The average Bonchev–Trinajstić information content (AvgIpc) is 3.24. The van der Waals surface area contributed by atoms with Crippen LogP contribution in [0.25, 0.3) is 0 Å². The van der Waals surface area contributed by atoms with E-state index in [9.17, 15) is 0 Å². The maximum Gasteiger partial charge on any atom is 0.137 e. The number of hydrogen-bond donors (Lipinski definition) is 0. The Morgan fingerprint density at radius 1 is 1.36 bits per heavy atom. The summed E-state index contributed by atoms with van der Waals surface area (Å²) in [6.45, 7) is 4.13. The molecule has 0 unspecified atom stereocenters. The number of likely N-dealkylation sites (tertiary alicyclic amines) is 2. The second-order valence-electron chi connectivity index (χ2n) is 7.34. The molecule has 25 heavy (non-hydrogen) atoms. The molecule has 0 aliphatic carbocycles. The number of rotatable bonds is 4. The summed E-state index contributed by atoms with van der Waals surface area (Å²) >= 11 is 0. The van der Waals surface area contributed by atoms with Crippen LogP contribution in [0.1, 0.15) is 24.0 Å². The number of fused-ring (bicyclic) bond motifs is 1. The monoisotopic (exact) mass is 336 g/mol. The van der Waals surface area contributed by atoms with Crippen molar-refractivity contribution in [3.8, 4) is 6.07 Å². The lowest BCUT2D eigenvalue weighted by atomic mass is 9.92. The normalized spacial score (nSPS) is 27.1. The fraction of sp³-hybridized carbons (Fsp3) is 0.526. The Bertz CT molecular complexity index is 750. The van der Waals surface area contributed by atoms with Crippen LogP contribution in [0.5, 0.6) is 0 Å². The van der Waals surface area contributed by atoms with Crippen LogP contribution < -0.4 is 0 Å². The van der Waals surface area contributed by atoms with Crippen LogP contribution >= 0.6 is 0 Å². The summed E-state index contributed by atoms with van der Waals surface area (Å²) in [5, 5.41) is 13.3. The van der Waals surface area contributed by atoms with E-state index in [0.29, 0.717) is 18.0 Å². The molecule has 6 heteroatoms. The Morgan fingerprint density at radius 2 is 2.28 bits per heavy atom. The summed E-state index contributed by atoms with van der Waals surface area (Å²) in [6.07, 6.45) is 5.85. The summed E-state index contributed by atoms with van der Waals surface area (Å²) < 4.78 is 1.95. The Kier molecular flexibility index (Phi) is 4.51. The number of aromatic nitrogens is 3. The van der Waals surface area contributed by atoms with Gasteiger partial charge in [0.2, 0.25) is 0 Å². The first-order valence-corrected chi connectivity index (χ1v) is 8.98. The van der Waals surface area contributed by atoms with Crippen molar-refractivity contribution >= 4 is 0 Å². The van der Waals surface area contributed by atoms with E-state index in [2.05, 4.69) is 39.1 Å². The van der Waals surface area contributed by atoms with Crippen LogP contribution in [0.3, 0.4) is 0 Å². The minimum atomic E-state index is 0.540. The molecule has 2 saturated heterocycles. The third kappa shape index (κ3) is 3.44. The maximum atomic E-state index is 9.07. The molecule has 0 bridgehead atoms. The summed E-state index contributed by atoms with van der Waals surface area (Å²) in [6, 6.07) is 11.4. The lowest BCUT2D eigenvalue weighted by Gasteiger charge is -2.37. The average molecular weight is 336 g/mol. The van der Waals surface area contributed by atoms with Crippen molar-refractivity contribution < 1.29 is 0 Å². The van der Waals surface area contributed by atoms with Crippen LogP contribution in [0.4, 0.5) is 0 Å². The molecule has 2 fully saturated rings. The largest absolute Gasteiger partial charge is 0.299 e. The first-order chi connectivity index (χ1) is 12.2. The molecule has 0 N–H and O–H groups in total. The van der Waals surface area contributed by atoms with Gasteiger partial charge in [-0.1, -0.05) is 12.1 Å². The van der Waals surface area contributed by atoms with E-state index in [1.165, 1.54) is 18.4 Å². The predicted molar refractivity (Wildman–Crippen MR) is 94.5 cm³/mol. The molecule has 2 aromatic rings. The van der Waals surface area contributed by atoms with Crippen LogP contribution in [-0.2, 0) is 13.1 Å². The first-order valence-electron chi connectivity index (χ1n) is 8.98. The van der Waals surface area contributed by atoms with Crippen molar-refractivity contribution in [3.63, 3.8) is 0 Å². The fourth-order valence-corrected chi connectivity index (χ4v) is 4.54. The molecule has 0 saturated carbocycles. The molecule has 1 aromatic carbocycles. The van der Waals surface area contributed by atoms with E-state index in [1.54, 1.807) is 6.33 Å². The maximum absolute atomic E-state index is 9.07. The van der Waals surface area contributed by atoms with E-state index in [1.807, 2.05) is 29.2 Å². The number of piperidine rings is 1. The number of nitrogens with zero attached hydrogens (tertiary/aromatic N) is 6. The van der Waals surface area contributed by atoms with Crippen LogP contribution in [0.2, 0.25) is 0 Å². The van der Waals surface area contributed by atoms with E-state index < -0.39 is 0 Å². The van der Waals surface area contributed by atoms with Crippen molar-refractivity contribution in [1.82, 2.24) is 24.6 Å². The molecule has 0 amide bonds. The molecule has 1 aromatic heterocycles. The topological polar surface area (TPSA) is 61.0 Å². The molecule has 0 spiro atoms. The standard InChI is InChI=1S/C19H24N6/c1-23-18(12-25-14-21-13-22-25)8-17-11-24(6-5-19(17)23)10-16-4-2-3-15(7-16)9-20/h2-4,7,13-14,17-19H,5-6,8,10-12H2,1H3/t17-,18+,19+/m0/s1. The Balaban J connectivity index is 1.38. The molecular formula is C19H24N6. The lowest BCUT2D eigenvalue weighted by Crippen LogP contribution is -2.45. The van der Waals surface area contributed by atoms with Gasteiger partial charge in [-0.25, -0.2) is 4.98 Å². The van der Waals surface area contributed by atoms with Gasteiger partial charge in [0, 0.05) is 25.2 Å². The van der Waals surface area contributed by atoms with Crippen molar-refractivity contribution in [2.75, 3.05) is 20.1 Å². The minimum Gasteiger partial charge on any atom is -0.299 e. The van der Waals surface area contributed by atoms with Crippen LogP contribution in [0.15, 0.2) is 36.9 Å². The van der Waals surface area contributed by atoms with Gasteiger partial charge in [-0.05, 0) is 50.0 Å². The highest BCUT2D eigenvalue weighted by Gasteiger charge is 2.41. The number of benzene rings is 1. The third-order valence-corrected chi connectivity index (χ3v) is 5.78. The number of nitriles is 1. The highest BCUT2D eigenvalue weighted by Crippen LogP contribution is 2.35. The van der Waals surface area contributed by atoms with Gasteiger partial charge in [0.05, 0.1) is 18.2 Å². The van der Waals surface area contributed by atoms with Crippen LogP contribution in [0, 0.1) is 17.2 Å². The SMILES string of the molecule is CN1[C@@H](Cn2cncn2)C[C@H]2CN(Cc3cccc(C#N)c3)CC[C@H]21. The van der Waals surface area contributed by atoms with Gasteiger partial charge >= 0.3 is 0 Å². The zero-order valence-electron chi connectivity index (χ0n) is 14.6. The van der Waals surface area contributed by atoms with E-state index in [-0.39, 0.29) is 0 Å². The summed E-state index contributed by atoms with van der Waals surface area (Å²) in [4.78, 5) is 9.16. The third-order valence-electron chi connectivity index (χ3n) is 5.78. The van der Waals surface area contributed by atoms with Gasteiger partial charge in [0.15, 0.2) is 0 Å². The van der Waals surface area contributed by atoms with Crippen molar-refractivity contribution in [1.29, 1.82) is 5.26 Å². The van der Waals surface area contributed by atoms with Crippen molar-refractivity contribution in [2.24, 2.45) is 5.92 Å². The van der Waals surface area contributed by atoms with Crippen molar-refractivity contribution in [3.05, 3.63) is 48.0 Å².